The van der Waals surface area contributed by atoms with Crippen LogP contribution in [0.15, 0.2) is 21.4 Å². The van der Waals surface area contributed by atoms with Crippen LogP contribution < -0.4 is 10.2 Å². The van der Waals surface area contributed by atoms with Gasteiger partial charge in [0.15, 0.2) is 11.0 Å². The number of aliphatic hydroxyl groups is 1. The maximum Gasteiger partial charge on any atom is 0.199 e. The molecule has 1 aromatic carbocycles. The first-order valence-electron chi connectivity index (χ1n) is 9.23. The number of aliphatic hydroxyl groups excluding tert-OH is 1. The van der Waals surface area contributed by atoms with E-state index in [1.165, 1.54) is 0 Å². The number of phenols is 1. The molecule has 0 amide bonds. The van der Waals surface area contributed by atoms with Crippen LogP contribution in [0.4, 0.5) is 0 Å². The number of hydrogen-bond acceptors (Lipinski definition) is 5. The number of hydrogen-bond donors (Lipinski definition) is 2. The van der Waals surface area contributed by atoms with Gasteiger partial charge >= 0.3 is 0 Å². The van der Waals surface area contributed by atoms with Gasteiger partial charge in [0.25, 0.3) is 0 Å². The summed E-state index contributed by atoms with van der Waals surface area (Å²) in [5, 5.41) is 20.7. The monoisotopic (exact) mass is 370 g/mol. The van der Waals surface area contributed by atoms with Gasteiger partial charge in [0.05, 0.1) is 17.7 Å². The normalized spacial score (nSPS) is 15.7. The smallest absolute Gasteiger partial charge is 0.199 e. The fraction of sp³-hybridized carbons (Fsp3) is 0.409. The van der Waals surface area contributed by atoms with Crippen molar-refractivity contribution in [1.82, 2.24) is 0 Å². The van der Waals surface area contributed by atoms with E-state index in [2.05, 4.69) is 0 Å². The van der Waals surface area contributed by atoms with E-state index in [1.54, 1.807) is 19.9 Å². The summed E-state index contributed by atoms with van der Waals surface area (Å²) >= 11 is 0. The molecule has 1 aliphatic rings. The minimum Gasteiger partial charge on any atom is -0.506 e. The number of aromatic hydroxyl groups is 1. The van der Waals surface area contributed by atoms with Crippen molar-refractivity contribution in [1.29, 1.82) is 0 Å². The van der Waals surface area contributed by atoms with Gasteiger partial charge in [-0.15, -0.1) is 0 Å². The Kier molecular flexibility index (Phi) is 4.91. The molecule has 0 unspecified atom stereocenters. The van der Waals surface area contributed by atoms with Crippen LogP contribution in [0.5, 0.6) is 11.5 Å². The average Bonchev–Trinajstić information content (AvgIpc) is 2.59. The molecule has 1 aromatic heterocycles. The zero-order chi connectivity index (χ0) is 19.9. The lowest BCUT2D eigenvalue weighted by Gasteiger charge is -2.31. The van der Waals surface area contributed by atoms with Crippen LogP contribution in [0, 0.1) is 13.8 Å². The molecule has 0 saturated carbocycles. The second kappa shape index (κ2) is 6.89. The van der Waals surface area contributed by atoms with Crippen LogP contribution in [-0.4, -0.2) is 22.4 Å². The number of phenolic OH excluding ortho intramolecular Hbond substituents is 1. The van der Waals surface area contributed by atoms with Crippen LogP contribution in [0.3, 0.4) is 0 Å². The molecule has 2 aromatic rings. The van der Waals surface area contributed by atoms with Crippen LogP contribution >= 0.6 is 0 Å². The molecular weight excluding hydrogens is 344 g/mol. The molecule has 0 aliphatic carbocycles. The number of benzene rings is 1. The van der Waals surface area contributed by atoms with Crippen LogP contribution in [0.1, 0.15) is 56.1 Å². The van der Waals surface area contributed by atoms with Gasteiger partial charge in [-0.05, 0) is 51.8 Å². The summed E-state index contributed by atoms with van der Waals surface area (Å²) in [6.45, 7) is 9.11. The fourth-order valence-electron chi connectivity index (χ4n) is 3.45. The third-order valence-corrected chi connectivity index (χ3v) is 4.96. The molecule has 144 valence electrons. The Bertz CT molecular complexity index is 1020. The summed E-state index contributed by atoms with van der Waals surface area (Å²) in [5.74, 6) is 0.840. The third-order valence-electron chi connectivity index (χ3n) is 4.96. The fourth-order valence-corrected chi connectivity index (χ4v) is 3.45. The highest BCUT2D eigenvalue weighted by Crippen LogP contribution is 2.48. The van der Waals surface area contributed by atoms with Crippen molar-refractivity contribution in [2.45, 2.75) is 53.1 Å². The lowest BCUT2D eigenvalue weighted by molar-refractivity contribution is 0.158. The molecule has 0 atom stereocenters. The molecule has 2 heterocycles. The number of fused-ring (bicyclic) bond motifs is 3. The molecular formula is C22H26O5. The van der Waals surface area contributed by atoms with Crippen molar-refractivity contribution >= 4 is 22.6 Å². The topological polar surface area (TPSA) is 79.9 Å². The molecule has 3 rings (SSSR count). The Morgan fingerprint density at radius 2 is 2.00 bits per heavy atom. The third kappa shape index (κ3) is 3.16. The van der Waals surface area contributed by atoms with Crippen LogP contribution in [-0.2, 0) is 0 Å². The highest BCUT2D eigenvalue weighted by molar-refractivity contribution is 6.00. The molecule has 0 spiro atoms. The van der Waals surface area contributed by atoms with Crippen LogP contribution in [0.25, 0.3) is 22.6 Å². The highest BCUT2D eigenvalue weighted by atomic mass is 16.5. The largest absolute Gasteiger partial charge is 0.506 e. The van der Waals surface area contributed by atoms with Gasteiger partial charge in [-0.1, -0.05) is 19.4 Å². The summed E-state index contributed by atoms with van der Waals surface area (Å²) < 4.78 is 12.1. The van der Waals surface area contributed by atoms with Crippen molar-refractivity contribution in [2.75, 3.05) is 6.61 Å². The summed E-state index contributed by atoms with van der Waals surface area (Å²) in [5.41, 5.74) is 1.81. The zero-order valence-electron chi connectivity index (χ0n) is 16.5. The number of ether oxygens (including phenoxy) is 1. The van der Waals surface area contributed by atoms with Gasteiger partial charge in [-0.3, -0.25) is 4.79 Å². The van der Waals surface area contributed by atoms with Crippen LogP contribution in [0.2, 0.25) is 0 Å². The predicted octanol–water partition coefficient (Wildman–Crippen LogP) is 4.48. The Balaban J connectivity index is 2.52. The second-order valence-corrected chi connectivity index (χ2v) is 7.48. The van der Waals surface area contributed by atoms with Gasteiger partial charge in [0, 0.05) is 5.56 Å². The first-order valence-corrected chi connectivity index (χ1v) is 9.23. The average molecular weight is 370 g/mol. The quantitative estimate of drug-likeness (QED) is 0.830. The summed E-state index contributed by atoms with van der Waals surface area (Å²) in [6, 6.07) is 0. The minimum absolute atomic E-state index is 0.153. The molecule has 0 radical (unpaired) electrons. The Morgan fingerprint density at radius 1 is 1.30 bits per heavy atom. The first kappa shape index (κ1) is 19.2. The SMILES string of the molecule is CCC/C(=C/CO)c1c2c(c3oc(C)c(C)c(=O)c3c1O)C=CC(C)(C)O2. The van der Waals surface area contributed by atoms with Gasteiger partial charge in [-0.25, -0.2) is 0 Å². The molecule has 0 bridgehead atoms. The summed E-state index contributed by atoms with van der Waals surface area (Å²) in [6.07, 6.45) is 6.89. The molecule has 2 N–H and O–H groups in total. The maximum atomic E-state index is 12.9. The van der Waals surface area contributed by atoms with Gasteiger partial charge in [-0.2, -0.15) is 0 Å². The van der Waals surface area contributed by atoms with Crippen molar-refractivity contribution in [3.8, 4) is 11.5 Å². The van der Waals surface area contributed by atoms with E-state index in [9.17, 15) is 15.0 Å². The van der Waals surface area contributed by atoms with E-state index in [1.807, 2.05) is 32.9 Å². The number of aryl methyl sites for hydroxylation is 1. The Morgan fingerprint density at radius 3 is 2.63 bits per heavy atom. The van der Waals surface area contributed by atoms with Gasteiger partial charge in [0.1, 0.15) is 28.2 Å². The van der Waals surface area contributed by atoms with Crippen molar-refractivity contribution in [3.63, 3.8) is 0 Å². The molecule has 27 heavy (non-hydrogen) atoms. The number of allylic oxidation sites excluding steroid dienone is 1. The van der Waals surface area contributed by atoms with Crippen molar-refractivity contribution in [3.05, 3.63) is 44.8 Å². The summed E-state index contributed by atoms with van der Waals surface area (Å²) in [4.78, 5) is 12.9. The maximum absolute atomic E-state index is 12.9. The molecule has 0 fully saturated rings. The van der Waals surface area contributed by atoms with E-state index in [0.29, 0.717) is 40.2 Å². The molecule has 5 heteroatoms. The van der Waals surface area contributed by atoms with Crippen molar-refractivity contribution < 1.29 is 19.4 Å². The summed E-state index contributed by atoms with van der Waals surface area (Å²) in [7, 11) is 0. The second-order valence-electron chi connectivity index (χ2n) is 7.48. The molecule has 5 nitrogen and oxygen atoms in total. The number of rotatable bonds is 4. The van der Waals surface area contributed by atoms with Gasteiger partial charge < -0.3 is 19.4 Å². The molecule has 0 saturated heterocycles. The Hall–Kier alpha value is -2.53. The molecule has 1 aliphatic heterocycles. The van der Waals surface area contributed by atoms with E-state index in [-0.39, 0.29) is 23.2 Å². The lowest BCUT2D eigenvalue weighted by atomic mass is 9.90. The zero-order valence-corrected chi connectivity index (χ0v) is 16.5. The lowest BCUT2D eigenvalue weighted by Crippen LogP contribution is -2.28. The minimum atomic E-state index is -0.571. The highest BCUT2D eigenvalue weighted by Gasteiger charge is 2.31. The van der Waals surface area contributed by atoms with E-state index < -0.39 is 5.60 Å². The standard InChI is InChI=1S/C22H26O5/c1-6-7-14(9-11-23)16-19(25)17-18(24)12(2)13(3)26-20(17)15-8-10-22(4,5)27-21(15)16/h8-10,23,25H,6-7,11H2,1-5H3/b14-9-. The van der Waals surface area contributed by atoms with E-state index in [0.717, 1.165) is 12.0 Å². The predicted molar refractivity (Wildman–Crippen MR) is 107 cm³/mol. The Labute approximate surface area is 158 Å². The van der Waals surface area contributed by atoms with E-state index in [4.69, 9.17) is 9.15 Å². The van der Waals surface area contributed by atoms with E-state index >= 15 is 0 Å². The van der Waals surface area contributed by atoms with Gasteiger partial charge in [0.2, 0.25) is 0 Å². The first-order chi connectivity index (χ1) is 12.7. The van der Waals surface area contributed by atoms with Crippen molar-refractivity contribution in [2.24, 2.45) is 0 Å².